The number of nitrogens with one attached hydrogen (secondary N) is 5. The van der Waals surface area contributed by atoms with E-state index in [0.29, 0.717) is 57.7 Å². The lowest BCUT2D eigenvalue weighted by Gasteiger charge is -2.17. The Labute approximate surface area is 311 Å². The molecule has 9 heteroatoms. The molecule has 0 spiro atoms. The first-order chi connectivity index (χ1) is 24.7. The monoisotopic (exact) mass is 722 g/mol. The molecule has 1 aromatic heterocycles. The van der Waals surface area contributed by atoms with Crippen molar-refractivity contribution in [2.75, 3.05) is 25.0 Å². The Balaban J connectivity index is 1.17. The van der Waals surface area contributed by atoms with E-state index in [4.69, 9.17) is 23.2 Å². The molecule has 2 unspecified atom stereocenters. The molecule has 264 valence electrons. The summed E-state index contributed by atoms with van der Waals surface area (Å²) in [7, 11) is 0. The van der Waals surface area contributed by atoms with Crippen LogP contribution >= 0.6 is 23.2 Å². The van der Waals surface area contributed by atoms with Gasteiger partial charge in [-0.05, 0) is 67.0 Å². The highest BCUT2D eigenvalue weighted by molar-refractivity contribution is 6.39. The number of rotatable bonds is 14. The van der Waals surface area contributed by atoms with Gasteiger partial charge in [0.1, 0.15) is 11.6 Å². The van der Waals surface area contributed by atoms with E-state index in [1.165, 1.54) is 0 Å². The minimum absolute atomic E-state index is 0.279. The van der Waals surface area contributed by atoms with Crippen molar-refractivity contribution in [2.45, 2.75) is 51.2 Å². The smallest absolute Gasteiger partial charge is 0.134 e. The average molecular weight is 724 g/mol. The number of nitrogens with zero attached hydrogens (tertiary/aromatic N) is 1. The quantitative estimate of drug-likeness (QED) is 0.0836. The van der Waals surface area contributed by atoms with Crippen LogP contribution in [0.5, 0.6) is 0 Å². The maximum absolute atomic E-state index is 16.0. The largest absolute Gasteiger partial charge is 0.385 e. The van der Waals surface area contributed by atoms with E-state index in [-0.39, 0.29) is 5.82 Å². The summed E-state index contributed by atoms with van der Waals surface area (Å²) in [5.74, 6) is 0.395. The highest BCUT2D eigenvalue weighted by Crippen LogP contribution is 2.43. The van der Waals surface area contributed by atoms with Crippen LogP contribution in [0.25, 0.3) is 33.4 Å². The van der Waals surface area contributed by atoms with Gasteiger partial charge < -0.3 is 26.6 Å². The number of hydrogen-bond donors (Lipinski definition) is 5. The van der Waals surface area contributed by atoms with E-state index < -0.39 is 0 Å². The second kappa shape index (κ2) is 16.7. The molecule has 4 aromatic rings. The van der Waals surface area contributed by atoms with Crippen molar-refractivity contribution in [1.29, 1.82) is 0 Å². The number of pyridine rings is 1. The summed E-state index contributed by atoms with van der Waals surface area (Å²) in [6.07, 6.45) is 9.66. The molecule has 3 aromatic carbocycles. The second-order valence-electron chi connectivity index (χ2n) is 13.3. The van der Waals surface area contributed by atoms with E-state index >= 15 is 4.39 Å². The molecule has 2 saturated heterocycles. The molecule has 3 heterocycles. The van der Waals surface area contributed by atoms with Crippen LogP contribution in [-0.2, 0) is 6.54 Å². The SMILES string of the molecule is C=C/C(=C\Nc1cc(-c2cccc(-c3cccc(-c4ccc(CNCC5CCC(=C)N5)c(C)c4F)c3Cl)c2Cl)ccn1)CNCC1CCC(=C)N1. The Kier molecular flexibility index (Phi) is 11.9. The van der Waals surface area contributed by atoms with Gasteiger partial charge in [-0.25, -0.2) is 9.37 Å². The fourth-order valence-corrected chi connectivity index (χ4v) is 7.37. The third-order valence-corrected chi connectivity index (χ3v) is 10.5. The fourth-order valence-electron chi connectivity index (χ4n) is 6.70. The molecule has 0 bridgehead atoms. The molecule has 2 aliphatic rings. The van der Waals surface area contributed by atoms with Gasteiger partial charge in [0.25, 0.3) is 0 Å². The minimum atomic E-state index is -0.279. The molecule has 0 saturated carbocycles. The number of hydrogen-bond acceptors (Lipinski definition) is 6. The predicted molar refractivity (Wildman–Crippen MR) is 212 cm³/mol. The lowest BCUT2D eigenvalue weighted by molar-refractivity contribution is 0.540. The normalized spacial score (nSPS) is 17.4. The van der Waals surface area contributed by atoms with E-state index in [1.54, 1.807) is 6.20 Å². The van der Waals surface area contributed by atoms with Crippen molar-refractivity contribution in [1.82, 2.24) is 26.3 Å². The summed E-state index contributed by atoms with van der Waals surface area (Å²) >= 11 is 14.2. The molecule has 0 aliphatic carbocycles. The van der Waals surface area contributed by atoms with Crippen molar-refractivity contribution < 1.29 is 4.39 Å². The zero-order valence-corrected chi connectivity index (χ0v) is 30.5. The van der Waals surface area contributed by atoms with Gasteiger partial charge in [0.2, 0.25) is 0 Å². The van der Waals surface area contributed by atoms with Crippen LogP contribution in [-0.4, -0.2) is 36.7 Å². The first kappa shape index (κ1) is 36.4. The maximum Gasteiger partial charge on any atom is 0.134 e. The fraction of sp³-hybridized carbons (Fsp3) is 0.262. The predicted octanol–water partition coefficient (Wildman–Crippen LogP) is 9.53. The van der Waals surface area contributed by atoms with Crippen molar-refractivity contribution in [3.63, 3.8) is 0 Å². The van der Waals surface area contributed by atoms with Crippen LogP contribution in [0.4, 0.5) is 10.2 Å². The van der Waals surface area contributed by atoms with Gasteiger partial charge in [0.05, 0.1) is 10.0 Å². The number of halogens is 3. The molecular formula is C42H45Cl2FN6. The van der Waals surface area contributed by atoms with Crippen LogP contribution in [0, 0.1) is 12.7 Å². The third-order valence-electron chi connectivity index (χ3n) is 9.65. The van der Waals surface area contributed by atoms with Crippen molar-refractivity contribution in [3.05, 3.63) is 143 Å². The lowest BCUT2D eigenvalue weighted by Crippen LogP contribution is -2.34. The molecule has 2 fully saturated rings. The van der Waals surface area contributed by atoms with Gasteiger partial charge in [-0.2, -0.15) is 0 Å². The average Bonchev–Trinajstić information content (AvgIpc) is 3.75. The van der Waals surface area contributed by atoms with Crippen molar-refractivity contribution >= 4 is 29.0 Å². The Bertz CT molecular complexity index is 1970. The second-order valence-corrected chi connectivity index (χ2v) is 14.0. The third kappa shape index (κ3) is 8.74. The standard InChI is InChI=1S/C42H45Cl2FN6/c1-5-29(21-46-24-32-15-12-26(2)50-32)22-49-39-20-30(18-19-48-39)34-8-6-9-35(40(34)43)36-10-7-11-37(41(36)44)38-17-14-31(28(4)42(38)45)23-47-25-33-16-13-27(3)51-33/h5-11,14,17-20,22,32-33,46-47,50-51H,1-3,12-13,15-16,21,23-25H2,4H3,(H,48,49)/b29-22+. The molecule has 2 atom stereocenters. The molecule has 6 nitrogen and oxygen atoms in total. The molecular weight excluding hydrogens is 678 g/mol. The first-order valence-electron chi connectivity index (χ1n) is 17.4. The molecule has 0 amide bonds. The Hall–Kier alpha value is -4.40. The van der Waals surface area contributed by atoms with Gasteiger partial charge in [0, 0.05) is 89.9 Å². The highest BCUT2D eigenvalue weighted by Gasteiger charge is 2.20. The van der Waals surface area contributed by atoms with Crippen LogP contribution < -0.4 is 26.6 Å². The topological polar surface area (TPSA) is 73.0 Å². The summed E-state index contributed by atoms with van der Waals surface area (Å²) < 4.78 is 16.0. The van der Waals surface area contributed by atoms with E-state index in [2.05, 4.69) is 51.3 Å². The van der Waals surface area contributed by atoms with Gasteiger partial charge >= 0.3 is 0 Å². The number of benzene rings is 3. The zero-order chi connectivity index (χ0) is 35.9. The van der Waals surface area contributed by atoms with Crippen LogP contribution in [0.2, 0.25) is 10.0 Å². The Morgan fingerprint density at radius 3 is 2.10 bits per heavy atom. The molecule has 6 rings (SSSR count). The highest BCUT2D eigenvalue weighted by atomic mass is 35.5. The van der Waals surface area contributed by atoms with Crippen molar-refractivity contribution in [2.24, 2.45) is 0 Å². The molecule has 0 radical (unpaired) electrons. The van der Waals surface area contributed by atoms with Crippen molar-refractivity contribution in [3.8, 4) is 33.4 Å². The van der Waals surface area contributed by atoms with Gasteiger partial charge in [0.15, 0.2) is 0 Å². The van der Waals surface area contributed by atoms with Crippen LogP contribution in [0.3, 0.4) is 0 Å². The molecule has 51 heavy (non-hydrogen) atoms. The van der Waals surface area contributed by atoms with E-state index in [0.717, 1.165) is 83.6 Å². The Morgan fingerprint density at radius 1 is 0.863 bits per heavy atom. The number of aromatic nitrogens is 1. The summed E-state index contributed by atoms with van der Waals surface area (Å²) in [5.41, 5.74) is 8.99. The molecule has 5 N–H and O–H groups in total. The first-order valence-corrected chi connectivity index (χ1v) is 18.2. The summed E-state index contributed by atoms with van der Waals surface area (Å²) in [6.45, 7) is 16.7. The summed E-state index contributed by atoms with van der Waals surface area (Å²) in [6, 6.07) is 19.9. The molecule has 2 aliphatic heterocycles. The number of allylic oxidation sites excluding steroid dienone is 2. The zero-order valence-electron chi connectivity index (χ0n) is 29.0. The van der Waals surface area contributed by atoms with Gasteiger partial charge in [-0.1, -0.05) is 97.5 Å². The van der Waals surface area contributed by atoms with E-state index in [9.17, 15) is 0 Å². The lowest BCUT2D eigenvalue weighted by atomic mass is 9.94. The van der Waals surface area contributed by atoms with Gasteiger partial charge in [-0.15, -0.1) is 0 Å². The number of anilines is 1. The maximum atomic E-state index is 16.0. The Morgan fingerprint density at radius 2 is 1.47 bits per heavy atom. The summed E-state index contributed by atoms with van der Waals surface area (Å²) in [5, 5.41) is 18.0. The summed E-state index contributed by atoms with van der Waals surface area (Å²) in [4.78, 5) is 4.51. The minimum Gasteiger partial charge on any atom is -0.385 e. The van der Waals surface area contributed by atoms with Crippen LogP contribution in [0.15, 0.2) is 116 Å². The van der Waals surface area contributed by atoms with E-state index in [1.807, 2.05) is 79.9 Å². The van der Waals surface area contributed by atoms with Gasteiger partial charge in [-0.3, -0.25) is 0 Å². The van der Waals surface area contributed by atoms with Crippen LogP contribution in [0.1, 0.15) is 36.8 Å².